The van der Waals surface area contributed by atoms with Gasteiger partial charge in [0, 0.05) is 18.6 Å². The number of hydrogen-bond donors (Lipinski definition) is 2. The van der Waals surface area contributed by atoms with Gasteiger partial charge in [0.15, 0.2) is 0 Å². The highest BCUT2D eigenvalue weighted by atomic mass is 14.9. The zero-order valence-corrected chi connectivity index (χ0v) is 10.7. The van der Waals surface area contributed by atoms with Gasteiger partial charge in [-0.15, -0.1) is 0 Å². The van der Waals surface area contributed by atoms with Crippen LogP contribution in [0.25, 0.3) is 0 Å². The molecule has 1 unspecified atom stereocenters. The lowest BCUT2D eigenvalue weighted by Crippen LogP contribution is -2.47. The molecule has 0 aromatic rings. The van der Waals surface area contributed by atoms with Gasteiger partial charge in [-0.2, -0.15) is 0 Å². The Morgan fingerprint density at radius 3 is 2.47 bits per heavy atom. The quantitative estimate of drug-likeness (QED) is 0.710. The van der Waals surface area contributed by atoms with E-state index < -0.39 is 0 Å². The SMILES string of the molecule is CCCC(C)(N)CNCC1(C)CCCC1. The summed E-state index contributed by atoms with van der Waals surface area (Å²) in [7, 11) is 0. The van der Waals surface area contributed by atoms with Gasteiger partial charge in [0.05, 0.1) is 0 Å². The van der Waals surface area contributed by atoms with Gasteiger partial charge < -0.3 is 11.1 Å². The maximum Gasteiger partial charge on any atom is 0.0252 e. The highest BCUT2D eigenvalue weighted by Gasteiger charge is 2.28. The van der Waals surface area contributed by atoms with Crippen LogP contribution in [-0.2, 0) is 0 Å². The topological polar surface area (TPSA) is 38.0 Å². The average Bonchev–Trinajstić information content (AvgIpc) is 2.51. The Bertz CT molecular complexity index is 181. The van der Waals surface area contributed by atoms with Crippen LogP contribution in [0.1, 0.15) is 59.3 Å². The molecule has 2 heteroatoms. The van der Waals surface area contributed by atoms with Gasteiger partial charge in [0.25, 0.3) is 0 Å². The van der Waals surface area contributed by atoms with E-state index in [0.29, 0.717) is 5.41 Å². The lowest BCUT2D eigenvalue weighted by molar-refractivity contribution is 0.293. The first-order valence-electron chi connectivity index (χ1n) is 6.47. The molecule has 15 heavy (non-hydrogen) atoms. The molecule has 90 valence electrons. The van der Waals surface area contributed by atoms with E-state index in [0.717, 1.165) is 19.5 Å². The second-order valence-electron chi connectivity index (χ2n) is 6.03. The van der Waals surface area contributed by atoms with E-state index in [-0.39, 0.29) is 5.54 Å². The summed E-state index contributed by atoms with van der Waals surface area (Å²) in [6.07, 6.45) is 7.87. The Morgan fingerprint density at radius 1 is 1.33 bits per heavy atom. The first-order chi connectivity index (χ1) is 6.97. The summed E-state index contributed by atoms with van der Waals surface area (Å²) in [5.41, 5.74) is 6.71. The highest BCUT2D eigenvalue weighted by Crippen LogP contribution is 2.36. The Kier molecular flexibility index (Phi) is 4.60. The summed E-state index contributed by atoms with van der Waals surface area (Å²) in [6, 6.07) is 0. The molecule has 0 radical (unpaired) electrons. The minimum Gasteiger partial charge on any atom is -0.324 e. The van der Waals surface area contributed by atoms with Crippen LogP contribution in [0, 0.1) is 5.41 Å². The van der Waals surface area contributed by atoms with Gasteiger partial charge in [-0.25, -0.2) is 0 Å². The predicted octanol–water partition coefficient (Wildman–Crippen LogP) is 2.67. The zero-order valence-electron chi connectivity index (χ0n) is 10.7. The normalized spacial score (nSPS) is 24.0. The van der Waals surface area contributed by atoms with Crippen LogP contribution in [0.4, 0.5) is 0 Å². The third-order valence-electron chi connectivity index (χ3n) is 3.71. The smallest absolute Gasteiger partial charge is 0.0252 e. The minimum absolute atomic E-state index is 0.0241. The molecule has 0 amide bonds. The van der Waals surface area contributed by atoms with Crippen molar-refractivity contribution in [1.29, 1.82) is 0 Å². The Labute approximate surface area is 95.0 Å². The second kappa shape index (κ2) is 5.31. The molecular formula is C13H28N2. The Morgan fingerprint density at radius 2 is 1.93 bits per heavy atom. The van der Waals surface area contributed by atoms with Crippen LogP contribution in [0.3, 0.4) is 0 Å². The third kappa shape index (κ3) is 4.52. The van der Waals surface area contributed by atoms with Gasteiger partial charge in [-0.3, -0.25) is 0 Å². The zero-order chi connectivity index (χ0) is 11.4. The van der Waals surface area contributed by atoms with E-state index in [2.05, 4.69) is 26.1 Å². The van der Waals surface area contributed by atoms with Crippen molar-refractivity contribution in [3.05, 3.63) is 0 Å². The molecule has 1 atom stereocenters. The standard InChI is InChI=1S/C13H28N2/c1-4-7-13(3,14)11-15-10-12(2)8-5-6-9-12/h15H,4-11,14H2,1-3H3. The highest BCUT2D eigenvalue weighted by molar-refractivity contribution is 4.86. The van der Waals surface area contributed by atoms with E-state index in [1.165, 1.54) is 32.1 Å². The maximum absolute atomic E-state index is 6.19. The van der Waals surface area contributed by atoms with E-state index in [9.17, 15) is 0 Å². The van der Waals surface area contributed by atoms with Gasteiger partial charge in [-0.1, -0.05) is 33.1 Å². The Hall–Kier alpha value is -0.0800. The molecule has 0 aromatic heterocycles. The van der Waals surface area contributed by atoms with Crippen LogP contribution in [-0.4, -0.2) is 18.6 Å². The molecule has 0 heterocycles. The molecule has 0 aliphatic heterocycles. The number of nitrogens with one attached hydrogen (secondary N) is 1. The summed E-state index contributed by atoms with van der Waals surface area (Å²) in [5, 5.41) is 3.57. The molecule has 0 saturated heterocycles. The van der Waals surface area contributed by atoms with Crippen LogP contribution < -0.4 is 11.1 Å². The van der Waals surface area contributed by atoms with E-state index in [1.54, 1.807) is 0 Å². The lowest BCUT2D eigenvalue weighted by atomic mass is 9.88. The summed E-state index contributed by atoms with van der Waals surface area (Å²) in [6.45, 7) is 8.85. The van der Waals surface area contributed by atoms with Crippen LogP contribution in [0.5, 0.6) is 0 Å². The largest absolute Gasteiger partial charge is 0.324 e. The van der Waals surface area contributed by atoms with Crippen molar-refractivity contribution in [3.63, 3.8) is 0 Å². The van der Waals surface area contributed by atoms with Gasteiger partial charge in [0.1, 0.15) is 0 Å². The summed E-state index contributed by atoms with van der Waals surface area (Å²) < 4.78 is 0. The minimum atomic E-state index is -0.0241. The molecule has 2 nitrogen and oxygen atoms in total. The fourth-order valence-corrected chi connectivity index (χ4v) is 2.71. The molecular weight excluding hydrogens is 184 g/mol. The van der Waals surface area contributed by atoms with E-state index in [1.807, 2.05) is 0 Å². The molecule has 1 fully saturated rings. The van der Waals surface area contributed by atoms with E-state index >= 15 is 0 Å². The van der Waals surface area contributed by atoms with Crippen LogP contribution in [0.15, 0.2) is 0 Å². The lowest BCUT2D eigenvalue weighted by Gasteiger charge is -2.29. The third-order valence-corrected chi connectivity index (χ3v) is 3.71. The molecule has 3 N–H and O–H groups in total. The second-order valence-corrected chi connectivity index (χ2v) is 6.03. The fraction of sp³-hybridized carbons (Fsp3) is 1.00. The summed E-state index contributed by atoms with van der Waals surface area (Å²) in [5.74, 6) is 0. The van der Waals surface area contributed by atoms with Crippen molar-refractivity contribution in [3.8, 4) is 0 Å². The summed E-state index contributed by atoms with van der Waals surface area (Å²) >= 11 is 0. The van der Waals surface area contributed by atoms with Crippen molar-refractivity contribution in [2.24, 2.45) is 11.1 Å². The molecule has 1 aliphatic rings. The van der Waals surface area contributed by atoms with Crippen molar-refractivity contribution in [1.82, 2.24) is 5.32 Å². The van der Waals surface area contributed by atoms with Crippen molar-refractivity contribution < 1.29 is 0 Å². The molecule has 0 aromatic carbocycles. The van der Waals surface area contributed by atoms with Crippen molar-refractivity contribution in [2.75, 3.05) is 13.1 Å². The number of hydrogen-bond acceptors (Lipinski definition) is 2. The van der Waals surface area contributed by atoms with Crippen molar-refractivity contribution >= 4 is 0 Å². The predicted molar refractivity (Wildman–Crippen MR) is 66.9 cm³/mol. The molecule has 0 bridgehead atoms. The van der Waals surface area contributed by atoms with Gasteiger partial charge >= 0.3 is 0 Å². The van der Waals surface area contributed by atoms with Crippen LogP contribution >= 0.6 is 0 Å². The molecule has 1 rings (SSSR count). The molecule has 1 aliphatic carbocycles. The van der Waals surface area contributed by atoms with E-state index in [4.69, 9.17) is 5.73 Å². The van der Waals surface area contributed by atoms with Gasteiger partial charge in [0.2, 0.25) is 0 Å². The average molecular weight is 212 g/mol. The number of nitrogens with two attached hydrogens (primary N) is 1. The van der Waals surface area contributed by atoms with Crippen molar-refractivity contribution in [2.45, 2.75) is 64.8 Å². The van der Waals surface area contributed by atoms with Gasteiger partial charge in [-0.05, 0) is 31.6 Å². The number of rotatable bonds is 6. The van der Waals surface area contributed by atoms with Crippen LogP contribution in [0.2, 0.25) is 0 Å². The monoisotopic (exact) mass is 212 g/mol. The maximum atomic E-state index is 6.19. The summed E-state index contributed by atoms with van der Waals surface area (Å²) in [4.78, 5) is 0. The Balaban J connectivity index is 2.20. The molecule has 0 spiro atoms. The molecule has 1 saturated carbocycles. The fourth-order valence-electron chi connectivity index (χ4n) is 2.71. The first-order valence-corrected chi connectivity index (χ1v) is 6.47. The first kappa shape index (κ1) is 13.0.